The topological polar surface area (TPSA) is 115 Å². The summed E-state index contributed by atoms with van der Waals surface area (Å²) in [4.78, 5) is 27.0. The molecule has 2 aliphatic heterocycles. The van der Waals surface area contributed by atoms with E-state index in [1.54, 1.807) is 13.8 Å². The van der Waals surface area contributed by atoms with E-state index in [0.717, 1.165) is 32.1 Å². The molecule has 14 atom stereocenters. The molecule has 2 saturated heterocycles. The minimum absolute atomic E-state index is 0.0199. The molecule has 8 fully saturated rings. The van der Waals surface area contributed by atoms with Crippen LogP contribution in [0.4, 0.5) is 0 Å². The zero-order valence-corrected chi connectivity index (χ0v) is 32.0. The van der Waals surface area contributed by atoms with Gasteiger partial charge in [0, 0.05) is 25.3 Å². The molecule has 282 valence electrons. The van der Waals surface area contributed by atoms with Gasteiger partial charge in [-0.05, 0) is 129 Å². The van der Waals surface area contributed by atoms with Gasteiger partial charge in [0.2, 0.25) is 5.91 Å². The van der Waals surface area contributed by atoms with E-state index in [0.29, 0.717) is 50.3 Å². The number of morpholine rings is 1. The van der Waals surface area contributed by atoms with Crippen LogP contribution in [-0.2, 0) is 28.5 Å². The Morgan fingerprint density at radius 2 is 1.70 bits per heavy atom. The van der Waals surface area contributed by atoms with E-state index >= 15 is 0 Å². The van der Waals surface area contributed by atoms with Crippen LogP contribution in [0.25, 0.3) is 0 Å². The monoisotopic (exact) mass is 699 g/mol. The van der Waals surface area contributed by atoms with E-state index in [9.17, 15) is 19.8 Å². The lowest BCUT2D eigenvalue weighted by molar-refractivity contribution is -0.248. The molecule has 0 aromatic rings. The fourth-order valence-electron chi connectivity index (χ4n) is 14.4. The third-order valence-electron chi connectivity index (χ3n) is 17.0. The van der Waals surface area contributed by atoms with Crippen molar-refractivity contribution >= 4 is 11.9 Å². The van der Waals surface area contributed by atoms with Crippen LogP contribution in [0, 0.1) is 56.7 Å². The van der Waals surface area contributed by atoms with Crippen LogP contribution in [0.2, 0.25) is 0 Å². The van der Waals surface area contributed by atoms with Crippen molar-refractivity contribution in [3.8, 4) is 0 Å². The average Bonchev–Trinajstić information content (AvgIpc) is 3.96. The maximum absolute atomic E-state index is 12.9. The number of hydrogen-bond donors (Lipinski definition) is 2. The molecule has 0 aromatic carbocycles. The normalized spacial score (nSPS) is 49.8. The molecule has 6 aliphatic carbocycles. The van der Waals surface area contributed by atoms with Crippen LogP contribution >= 0.6 is 0 Å². The van der Waals surface area contributed by atoms with E-state index in [1.165, 1.54) is 32.6 Å². The Labute approximate surface area is 299 Å². The summed E-state index contributed by atoms with van der Waals surface area (Å²) >= 11 is 0. The Morgan fingerprint density at radius 3 is 2.38 bits per heavy atom. The summed E-state index contributed by atoms with van der Waals surface area (Å²) in [6.07, 6.45) is 9.16. The van der Waals surface area contributed by atoms with Gasteiger partial charge in [0.05, 0.1) is 43.2 Å². The Morgan fingerprint density at radius 1 is 1.00 bits per heavy atom. The van der Waals surface area contributed by atoms with Gasteiger partial charge in [-0.2, -0.15) is 0 Å². The van der Waals surface area contributed by atoms with Crippen molar-refractivity contribution in [3.63, 3.8) is 0 Å². The lowest BCUT2D eigenvalue weighted by Crippen LogP contribution is -2.60. The highest BCUT2D eigenvalue weighted by Gasteiger charge is 2.84. The van der Waals surface area contributed by atoms with E-state index in [4.69, 9.17) is 18.9 Å². The molecular weight excluding hydrogens is 634 g/mol. The molecule has 6 saturated carbocycles. The van der Waals surface area contributed by atoms with Crippen molar-refractivity contribution < 1.29 is 38.7 Å². The SMILES string of the molecule is CC(=O)O[C@@H]([C@H]1C[C@@H](C)[C@H]2[C@H](O1)[C@H](O)[C@@]1(C)[C@@H]3CC[C@H]4C(C)(C)[C@@H](O[C@H]5CN(C(=O)CC6CC6)CCO5)CC[C@@]45C[C@@]35CC[C@]21C)C(C)(C)O. The van der Waals surface area contributed by atoms with E-state index in [2.05, 4.69) is 34.6 Å². The van der Waals surface area contributed by atoms with Crippen LogP contribution in [0.5, 0.6) is 0 Å². The number of esters is 1. The minimum Gasteiger partial charge on any atom is -0.457 e. The number of hydrogen-bond acceptors (Lipinski definition) is 8. The molecule has 50 heavy (non-hydrogen) atoms. The molecule has 0 bridgehead atoms. The zero-order chi connectivity index (χ0) is 35.8. The average molecular weight is 700 g/mol. The Hall–Kier alpha value is -1.26. The Balaban J connectivity index is 1.01. The molecule has 0 radical (unpaired) electrons. The van der Waals surface area contributed by atoms with Crippen molar-refractivity contribution in [2.75, 3.05) is 19.7 Å². The van der Waals surface area contributed by atoms with Gasteiger partial charge in [-0.25, -0.2) is 0 Å². The smallest absolute Gasteiger partial charge is 0.303 e. The first-order valence-electron chi connectivity index (χ1n) is 20.2. The van der Waals surface area contributed by atoms with Crippen molar-refractivity contribution in [1.29, 1.82) is 0 Å². The lowest BCUT2D eigenvalue weighted by Gasteiger charge is -2.64. The fourth-order valence-corrected chi connectivity index (χ4v) is 14.4. The minimum atomic E-state index is -1.26. The summed E-state index contributed by atoms with van der Waals surface area (Å²) in [5.74, 6) is 1.84. The van der Waals surface area contributed by atoms with Crippen LogP contribution in [0.1, 0.15) is 126 Å². The number of nitrogens with zero attached hydrogens (tertiary/aromatic N) is 1. The largest absolute Gasteiger partial charge is 0.457 e. The van der Waals surface area contributed by atoms with Crippen molar-refractivity contribution in [2.24, 2.45) is 56.7 Å². The van der Waals surface area contributed by atoms with E-state index < -0.39 is 29.9 Å². The summed E-state index contributed by atoms with van der Waals surface area (Å²) < 4.78 is 25.5. The van der Waals surface area contributed by atoms with Crippen molar-refractivity contribution in [3.05, 3.63) is 0 Å². The first-order valence-corrected chi connectivity index (χ1v) is 20.2. The Bertz CT molecular complexity index is 1370. The molecule has 1 amide bonds. The summed E-state index contributed by atoms with van der Waals surface area (Å²) in [6, 6.07) is 0. The van der Waals surface area contributed by atoms with Gasteiger partial charge in [-0.3, -0.25) is 9.59 Å². The number of carbonyl (C=O) groups is 2. The maximum atomic E-state index is 12.9. The van der Waals surface area contributed by atoms with Crippen LogP contribution in [0.3, 0.4) is 0 Å². The molecule has 2 spiro atoms. The third kappa shape index (κ3) is 5.01. The number of aliphatic hydroxyl groups excluding tert-OH is 1. The second-order valence-electron chi connectivity index (χ2n) is 20.2. The van der Waals surface area contributed by atoms with Gasteiger partial charge in [0.25, 0.3) is 0 Å². The predicted octanol–water partition coefficient (Wildman–Crippen LogP) is 5.87. The zero-order valence-electron chi connectivity index (χ0n) is 32.0. The maximum Gasteiger partial charge on any atom is 0.303 e. The summed E-state index contributed by atoms with van der Waals surface area (Å²) in [6.45, 7) is 18.5. The predicted molar refractivity (Wildman–Crippen MR) is 186 cm³/mol. The number of aliphatic hydroxyl groups is 2. The van der Waals surface area contributed by atoms with Gasteiger partial charge in [-0.15, -0.1) is 0 Å². The number of rotatable bonds is 7. The molecule has 0 aromatic heterocycles. The molecule has 8 aliphatic rings. The third-order valence-corrected chi connectivity index (χ3v) is 17.0. The molecule has 9 nitrogen and oxygen atoms in total. The molecule has 9 heteroatoms. The molecule has 2 N–H and O–H groups in total. The second-order valence-corrected chi connectivity index (χ2v) is 20.2. The lowest BCUT2D eigenvalue weighted by atomic mass is 9.41. The highest BCUT2D eigenvalue weighted by molar-refractivity contribution is 5.76. The van der Waals surface area contributed by atoms with Crippen LogP contribution < -0.4 is 0 Å². The molecule has 8 rings (SSSR count). The number of fused-ring (bicyclic) bond motifs is 4. The molecular formula is C41H65NO8. The Kier molecular flexibility index (Phi) is 8.31. The van der Waals surface area contributed by atoms with Gasteiger partial charge >= 0.3 is 5.97 Å². The molecule has 2 heterocycles. The number of ether oxygens (including phenoxy) is 4. The van der Waals surface area contributed by atoms with Gasteiger partial charge in [-0.1, -0.05) is 34.6 Å². The first kappa shape index (κ1) is 35.8. The standard InChI is InChI=1S/C41H65NO8/c1-23-19-26(35(37(5,6)46)48-24(2)43)49-33-32(23)38(7)15-16-41-22-40(41)14-13-29(36(3,4)27(40)11-12-28(41)39(38,8)34(33)45)50-31-21-42(17-18-47-31)30(44)20-25-9-10-25/h23,25-29,31-35,45-46H,9-22H2,1-8H3/t23-,26-,27+,28+,29+,31+,32+,33+,34+,35+,38-,39-,40-,41+/m1/s1. The van der Waals surface area contributed by atoms with E-state index in [1.807, 2.05) is 4.90 Å². The number of carbonyl (C=O) groups excluding carboxylic acids is 2. The van der Waals surface area contributed by atoms with Gasteiger partial charge in [0.1, 0.15) is 0 Å². The molecule has 0 unspecified atom stereocenters. The highest BCUT2D eigenvalue weighted by atomic mass is 16.7. The quantitative estimate of drug-likeness (QED) is 0.317. The van der Waals surface area contributed by atoms with E-state index in [-0.39, 0.29) is 63.3 Å². The first-order chi connectivity index (χ1) is 23.4. The summed E-state index contributed by atoms with van der Waals surface area (Å²) in [5, 5.41) is 23.6. The highest BCUT2D eigenvalue weighted by Crippen LogP contribution is 2.89. The van der Waals surface area contributed by atoms with Crippen LogP contribution in [0.15, 0.2) is 0 Å². The summed E-state index contributed by atoms with van der Waals surface area (Å²) in [5.41, 5.74) is -1.16. The second kappa shape index (κ2) is 11.6. The summed E-state index contributed by atoms with van der Waals surface area (Å²) in [7, 11) is 0. The number of amides is 1. The van der Waals surface area contributed by atoms with Gasteiger partial charge in [0.15, 0.2) is 12.4 Å². The fraction of sp³-hybridized carbons (Fsp3) is 0.951. The van der Waals surface area contributed by atoms with Crippen molar-refractivity contribution in [2.45, 2.75) is 168 Å². The van der Waals surface area contributed by atoms with Gasteiger partial charge < -0.3 is 34.1 Å². The van der Waals surface area contributed by atoms with Crippen LogP contribution in [-0.4, -0.2) is 89.1 Å². The van der Waals surface area contributed by atoms with Crippen molar-refractivity contribution in [1.82, 2.24) is 4.90 Å².